The van der Waals surface area contributed by atoms with Gasteiger partial charge in [0.1, 0.15) is 5.82 Å². The highest BCUT2D eigenvalue weighted by molar-refractivity contribution is 7.09. The van der Waals surface area contributed by atoms with Gasteiger partial charge in [-0.05, 0) is 38.1 Å². The fourth-order valence-corrected chi connectivity index (χ4v) is 4.22. The van der Waals surface area contributed by atoms with Gasteiger partial charge in [0.2, 0.25) is 11.0 Å². The van der Waals surface area contributed by atoms with Gasteiger partial charge in [-0.15, -0.1) is 0 Å². The van der Waals surface area contributed by atoms with E-state index in [-0.39, 0.29) is 17.4 Å². The van der Waals surface area contributed by atoms with Gasteiger partial charge in [0.15, 0.2) is 0 Å². The smallest absolute Gasteiger partial charge is 0.237 e. The average molecular weight is 352 g/mol. The summed E-state index contributed by atoms with van der Waals surface area (Å²) in [6, 6.07) is 0.0159. The normalized spacial score (nSPS) is 25.0. The quantitative estimate of drug-likeness (QED) is 0.867. The summed E-state index contributed by atoms with van der Waals surface area (Å²) in [6.07, 6.45) is 4.37. The Bertz CT molecular complexity index is 562. The summed E-state index contributed by atoms with van der Waals surface area (Å²) in [4.78, 5) is 19.2. The third kappa shape index (κ3) is 4.25. The van der Waals surface area contributed by atoms with E-state index in [4.69, 9.17) is 4.98 Å². The molecule has 2 aliphatic rings. The highest BCUT2D eigenvalue weighted by Gasteiger charge is 2.27. The fourth-order valence-electron chi connectivity index (χ4n) is 3.33. The number of aromatic nitrogens is 2. The zero-order chi connectivity index (χ0) is 17.2. The van der Waals surface area contributed by atoms with Gasteiger partial charge >= 0.3 is 0 Å². The third-order valence-corrected chi connectivity index (χ3v) is 5.59. The van der Waals surface area contributed by atoms with E-state index in [1.54, 1.807) is 0 Å². The fraction of sp³-hybridized carbons (Fsp3) is 0.824. The molecule has 3 heterocycles. The van der Waals surface area contributed by atoms with Gasteiger partial charge in [0.05, 0.1) is 6.04 Å². The number of hydrogen-bond donors (Lipinski definition) is 2. The van der Waals surface area contributed by atoms with E-state index in [0.717, 1.165) is 56.4 Å². The number of piperidine rings is 1. The summed E-state index contributed by atoms with van der Waals surface area (Å²) in [7, 11) is 0. The Balaban J connectivity index is 1.52. The molecule has 0 aromatic carbocycles. The molecule has 134 valence electrons. The van der Waals surface area contributed by atoms with Gasteiger partial charge in [0, 0.05) is 36.6 Å². The monoisotopic (exact) mass is 351 g/mol. The topological polar surface area (TPSA) is 70.2 Å². The molecule has 0 radical (unpaired) electrons. The zero-order valence-electron chi connectivity index (χ0n) is 15.0. The predicted molar refractivity (Wildman–Crippen MR) is 97.6 cm³/mol. The Morgan fingerprint density at radius 2 is 2.21 bits per heavy atom. The molecular formula is C17H29N5OS. The third-order valence-electron chi connectivity index (χ3n) is 4.82. The molecular weight excluding hydrogens is 322 g/mol. The van der Waals surface area contributed by atoms with Crippen molar-refractivity contribution in [2.45, 2.75) is 57.9 Å². The Hall–Kier alpha value is -1.21. The molecule has 24 heavy (non-hydrogen) atoms. The minimum atomic E-state index is -0.00774. The molecule has 0 bridgehead atoms. The lowest BCUT2D eigenvalue weighted by molar-refractivity contribution is -0.122. The Morgan fingerprint density at radius 3 is 2.88 bits per heavy atom. The van der Waals surface area contributed by atoms with Crippen LogP contribution in [0.25, 0.3) is 0 Å². The predicted octanol–water partition coefficient (Wildman–Crippen LogP) is 1.92. The van der Waals surface area contributed by atoms with E-state index >= 15 is 0 Å². The maximum Gasteiger partial charge on any atom is 0.237 e. The van der Waals surface area contributed by atoms with Crippen LogP contribution in [0.2, 0.25) is 0 Å². The summed E-state index contributed by atoms with van der Waals surface area (Å²) < 4.78 is 4.53. The van der Waals surface area contributed by atoms with Gasteiger partial charge in [-0.3, -0.25) is 4.79 Å². The second-order valence-corrected chi connectivity index (χ2v) is 8.73. The SMILES string of the molecule is CC(C)(C)c1nsc(N2CCCC(CNC(=O)C3CCCN3)C2)n1. The van der Waals surface area contributed by atoms with Crippen LogP contribution < -0.4 is 15.5 Å². The summed E-state index contributed by atoms with van der Waals surface area (Å²) in [6.45, 7) is 10.1. The molecule has 7 heteroatoms. The standard InChI is InChI=1S/C17H29N5OS/c1-17(2,3)15-20-16(24-21-15)22-9-5-6-12(11-22)10-19-14(23)13-7-4-8-18-13/h12-13,18H,4-11H2,1-3H3,(H,19,23). The molecule has 0 aliphatic carbocycles. The number of carbonyl (C=O) groups excluding carboxylic acids is 1. The van der Waals surface area contributed by atoms with Crippen molar-refractivity contribution in [3.63, 3.8) is 0 Å². The number of rotatable bonds is 4. The number of anilines is 1. The van der Waals surface area contributed by atoms with Gasteiger partial charge < -0.3 is 15.5 Å². The lowest BCUT2D eigenvalue weighted by Crippen LogP contribution is -2.45. The van der Waals surface area contributed by atoms with Gasteiger partial charge in [-0.1, -0.05) is 20.8 Å². The Morgan fingerprint density at radius 1 is 1.38 bits per heavy atom. The van der Waals surface area contributed by atoms with Crippen LogP contribution in [-0.2, 0) is 10.2 Å². The minimum Gasteiger partial charge on any atom is -0.354 e. The van der Waals surface area contributed by atoms with Crippen molar-refractivity contribution in [2.75, 3.05) is 31.1 Å². The highest BCUT2D eigenvalue weighted by Crippen LogP contribution is 2.28. The molecule has 1 aromatic heterocycles. The van der Waals surface area contributed by atoms with E-state index < -0.39 is 0 Å². The maximum atomic E-state index is 12.1. The number of amides is 1. The molecule has 1 amide bonds. The van der Waals surface area contributed by atoms with Crippen LogP contribution in [0.5, 0.6) is 0 Å². The van der Waals surface area contributed by atoms with Crippen LogP contribution in [-0.4, -0.2) is 47.5 Å². The van der Waals surface area contributed by atoms with E-state index in [0.29, 0.717) is 5.92 Å². The summed E-state index contributed by atoms with van der Waals surface area (Å²) in [5.74, 6) is 1.58. The second-order valence-electron chi connectivity index (χ2n) is 8.00. The average Bonchev–Trinajstić information content (AvgIpc) is 3.23. The van der Waals surface area contributed by atoms with Crippen molar-refractivity contribution in [3.05, 3.63) is 5.82 Å². The van der Waals surface area contributed by atoms with E-state index in [1.165, 1.54) is 18.0 Å². The molecule has 2 unspecified atom stereocenters. The molecule has 2 saturated heterocycles. The molecule has 1 aromatic rings. The Labute approximate surface area is 148 Å². The highest BCUT2D eigenvalue weighted by atomic mass is 32.1. The minimum absolute atomic E-state index is 0.00774. The summed E-state index contributed by atoms with van der Waals surface area (Å²) >= 11 is 1.50. The van der Waals surface area contributed by atoms with Gasteiger partial charge in [-0.2, -0.15) is 4.37 Å². The second kappa shape index (κ2) is 7.35. The first-order valence-corrected chi connectivity index (χ1v) is 9.81. The van der Waals surface area contributed by atoms with Crippen molar-refractivity contribution < 1.29 is 4.79 Å². The van der Waals surface area contributed by atoms with E-state index in [1.807, 2.05) is 0 Å². The molecule has 3 rings (SSSR count). The van der Waals surface area contributed by atoms with E-state index in [9.17, 15) is 4.79 Å². The lowest BCUT2D eigenvalue weighted by Gasteiger charge is -2.32. The van der Waals surface area contributed by atoms with Gasteiger partial charge in [0.25, 0.3) is 0 Å². The molecule has 0 saturated carbocycles. The molecule has 0 spiro atoms. The zero-order valence-corrected chi connectivity index (χ0v) is 15.8. The van der Waals surface area contributed by atoms with Gasteiger partial charge in [-0.25, -0.2) is 4.98 Å². The van der Waals surface area contributed by atoms with E-state index in [2.05, 4.69) is 40.7 Å². The van der Waals surface area contributed by atoms with Crippen LogP contribution >= 0.6 is 11.5 Å². The largest absolute Gasteiger partial charge is 0.354 e. The molecule has 2 N–H and O–H groups in total. The van der Waals surface area contributed by atoms with Crippen molar-refractivity contribution in [2.24, 2.45) is 5.92 Å². The maximum absolute atomic E-state index is 12.1. The van der Waals surface area contributed by atoms with Crippen LogP contribution in [0.15, 0.2) is 0 Å². The number of nitrogens with one attached hydrogen (secondary N) is 2. The lowest BCUT2D eigenvalue weighted by atomic mass is 9.96. The Kier molecular flexibility index (Phi) is 5.39. The number of hydrogen-bond acceptors (Lipinski definition) is 6. The van der Waals surface area contributed by atoms with Crippen LogP contribution in [0.4, 0.5) is 5.13 Å². The summed E-state index contributed by atoms with van der Waals surface area (Å²) in [5.41, 5.74) is -0.00774. The molecule has 6 nitrogen and oxygen atoms in total. The van der Waals surface area contributed by atoms with Crippen molar-refractivity contribution in [1.29, 1.82) is 0 Å². The number of carbonyl (C=O) groups is 1. The first-order chi connectivity index (χ1) is 11.4. The summed E-state index contributed by atoms with van der Waals surface area (Å²) in [5, 5.41) is 7.41. The van der Waals surface area contributed by atoms with Crippen molar-refractivity contribution in [1.82, 2.24) is 20.0 Å². The number of nitrogens with zero attached hydrogens (tertiary/aromatic N) is 3. The van der Waals surface area contributed by atoms with Crippen molar-refractivity contribution in [3.8, 4) is 0 Å². The van der Waals surface area contributed by atoms with Crippen LogP contribution in [0.3, 0.4) is 0 Å². The van der Waals surface area contributed by atoms with Crippen LogP contribution in [0, 0.1) is 5.92 Å². The molecule has 2 aliphatic heterocycles. The first kappa shape index (κ1) is 17.6. The molecule has 2 atom stereocenters. The van der Waals surface area contributed by atoms with Crippen molar-refractivity contribution >= 4 is 22.6 Å². The first-order valence-electron chi connectivity index (χ1n) is 9.04. The molecule has 2 fully saturated rings. The van der Waals surface area contributed by atoms with Crippen LogP contribution in [0.1, 0.15) is 52.3 Å².